The third kappa shape index (κ3) is 5.55. The quantitative estimate of drug-likeness (QED) is 0.288. The van der Waals surface area contributed by atoms with Gasteiger partial charge in [-0.2, -0.15) is 15.0 Å². The van der Waals surface area contributed by atoms with E-state index in [0.29, 0.717) is 28.3 Å². The summed E-state index contributed by atoms with van der Waals surface area (Å²) in [7, 11) is 0. The lowest BCUT2D eigenvalue weighted by molar-refractivity contribution is 0.102. The van der Waals surface area contributed by atoms with Gasteiger partial charge in [0.2, 0.25) is 11.9 Å². The highest BCUT2D eigenvalue weighted by atomic mass is 16.3. The van der Waals surface area contributed by atoms with Gasteiger partial charge in [0.15, 0.2) is 5.82 Å². The van der Waals surface area contributed by atoms with E-state index < -0.39 is 0 Å². The topological polar surface area (TPSA) is 126 Å². The standard InChI is InChI=1S/C27H28N6O2/c1-16-21(23-31-25(28)33-26(32-23)29-19-12-14-20(34)15-13-19)6-5-7-22(16)30-24(35)17-8-10-18(11-9-17)27(2,3)4/h5-15,34H,1-4H3,(H,30,35)(H3,28,29,31,32,33). The number of phenolic OH excluding ortho intramolecular Hbond substituents is 1. The number of anilines is 4. The molecular weight excluding hydrogens is 440 g/mol. The van der Waals surface area contributed by atoms with Crippen molar-refractivity contribution in [2.24, 2.45) is 0 Å². The summed E-state index contributed by atoms with van der Waals surface area (Å²) in [5.74, 6) is 0.665. The van der Waals surface area contributed by atoms with Gasteiger partial charge in [-0.05, 0) is 65.9 Å². The number of nitrogens with one attached hydrogen (secondary N) is 2. The molecule has 4 rings (SSSR count). The van der Waals surface area contributed by atoms with Crippen LogP contribution in [0.4, 0.5) is 23.3 Å². The summed E-state index contributed by atoms with van der Waals surface area (Å²) >= 11 is 0. The number of hydrogen-bond acceptors (Lipinski definition) is 7. The van der Waals surface area contributed by atoms with Crippen molar-refractivity contribution in [3.05, 3.63) is 83.4 Å². The maximum Gasteiger partial charge on any atom is 0.255 e. The molecule has 35 heavy (non-hydrogen) atoms. The van der Waals surface area contributed by atoms with E-state index in [9.17, 15) is 9.90 Å². The van der Waals surface area contributed by atoms with E-state index in [1.165, 1.54) is 0 Å². The summed E-state index contributed by atoms with van der Waals surface area (Å²) in [6, 6.07) is 19.7. The number of hydrogen-bond donors (Lipinski definition) is 4. The zero-order valence-corrected chi connectivity index (χ0v) is 20.1. The van der Waals surface area contributed by atoms with E-state index in [4.69, 9.17) is 5.73 Å². The second-order valence-corrected chi connectivity index (χ2v) is 9.27. The molecule has 0 unspecified atom stereocenters. The molecule has 0 saturated heterocycles. The highest BCUT2D eigenvalue weighted by Gasteiger charge is 2.16. The first kappa shape index (κ1) is 23.7. The van der Waals surface area contributed by atoms with Gasteiger partial charge in [0.05, 0.1) is 0 Å². The predicted octanol–water partition coefficient (Wildman–Crippen LogP) is 5.43. The van der Waals surface area contributed by atoms with Gasteiger partial charge in [-0.1, -0.05) is 45.0 Å². The van der Waals surface area contributed by atoms with Crippen LogP contribution >= 0.6 is 0 Å². The first-order valence-corrected chi connectivity index (χ1v) is 11.2. The summed E-state index contributed by atoms with van der Waals surface area (Å²) < 4.78 is 0. The van der Waals surface area contributed by atoms with Crippen LogP contribution in [-0.4, -0.2) is 26.0 Å². The van der Waals surface area contributed by atoms with E-state index in [2.05, 4.69) is 46.4 Å². The number of aromatic nitrogens is 3. The summed E-state index contributed by atoms with van der Waals surface area (Å²) in [6.07, 6.45) is 0. The van der Waals surface area contributed by atoms with Gasteiger partial charge >= 0.3 is 0 Å². The number of nitrogen functional groups attached to an aromatic ring is 1. The SMILES string of the molecule is Cc1c(NC(=O)c2ccc(C(C)(C)C)cc2)cccc1-c1nc(N)nc(Nc2ccc(O)cc2)n1. The largest absolute Gasteiger partial charge is 0.508 e. The minimum Gasteiger partial charge on any atom is -0.508 e. The van der Waals surface area contributed by atoms with Gasteiger partial charge in [-0.15, -0.1) is 0 Å². The van der Waals surface area contributed by atoms with E-state index in [0.717, 1.165) is 11.1 Å². The molecule has 0 bridgehead atoms. The molecule has 0 saturated carbocycles. The van der Waals surface area contributed by atoms with Gasteiger partial charge in [-0.3, -0.25) is 4.79 Å². The smallest absolute Gasteiger partial charge is 0.255 e. The molecule has 0 aliphatic carbocycles. The van der Waals surface area contributed by atoms with Crippen LogP contribution in [0.2, 0.25) is 0 Å². The molecule has 1 aromatic heterocycles. The van der Waals surface area contributed by atoms with Gasteiger partial charge in [0.1, 0.15) is 5.75 Å². The Morgan fingerprint density at radius 3 is 2.26 bits per heavy atom. The number of aromatic hydroxyl groups is 1. The Kier molecular flexibility index (Phi) is 6.38. The number of phenols is 1. The maximum absolute atomic E-state index is 12.9. The Hall–Kier alpha value is -4.46. The first-order chi connectivity index (χ1) is 16.6. The number of nitrogens with two attached hydrogens (primary N) is 1. The number of benzene rings is 3. The average Bonchev–Trinajstić information content (AvgIpc) is 2.81. The monoisotopic (exact) mass is 468 g/mol. The molecule has 0 spiro atoms. The molecule has 0 fully saturated rings. The van der Waals surface area contributed by atoms with Crippen LogP contribution in [0.3, 0.4) is 0 Å². The van der Waals surface area contributed by atoms with Crippen molar-refractivity contribution >= 4 is 29.2 Å². The predicted molar refractivity (Wildman–Crippen MR) is 139 cm³/mol. The molecule has 0 aliphatic rings. The zero-order chi connectivity index (χ0) is 25.2. The second-order valence-electron chi connectivity index (χ2n) is 9.27. The lowest BCUT2D eigenvalue weighted by Gasteiger charge is -2.19. The fourth-order valence-corrected chi connectivity index (χ4v) is 3.57. The molecule has 1 amide bonds. The van der Waals surface area contributed by atoms with Crippen LogP contribution in [0.15, 0.2) is 66.7 Å². The number of amides is 1. The Balaban J connectivity index is 1.59. The van der Waals surface area contributed by atoms with Gasteiger partial charge in [-0.25, -0.2) is 0 Å². The molecule has 0 atom stereocenters. The highest BCUT2D eigenvalue weighted by Crippen LogP contribution is 2.28. The Morgan fingerprint density at radius 1 is 0.914 bits per heavy atom. The summed E-state index contributed by atoms with van der Waals surface area (Å²) in [6.45, 7) is 8.30. The van der Waals surface area contributed by atoms with E-state index >= 15 is 0 Å². The number of carbonyl (C=O) groups excluding carboxylic acids is 1. The van der Waals surface area contributed by atoms with E-state index in [1.807, 2.05) is 49.4 Å². The minimum atomic E-state index is -0.199. The normalized spacial score (nSPS) is 11.2. The van der Waals surface area contributed by atoms with Crippen molar-refractivity contribution < 1.29 is 9.90 Å². The molecule has 178 valence electrons. The Bertz CT molecular complexity index is 1360. The molecule has 5 N–H and O–H groups in total. The van der Waals surface area contributed by atoms with Gasteiger partial charge in [0.25, 0.3) is 5.91 Å². The molecule has 4 aromatic rings. The molecule has 8 heteroatoms. The van der Waals surface area contributed by atoms with Crippen LogP contribution in [0, 0.1) is 6.92 Å². The Morgan fingerprint density at radius 2 is 1.60 bits per heavy atom. The van der Waals surface area contributed by atoms with Crippen LogP contribution in [0.5, 0.6) is 5.75 Å². The number of nitrogens with zero attached hydrogens (tertiary/aromatic N) is 3. The molecule has 0 aliphatic heterocycles. The summed E-state index contributed by atoms with van der Waals surface area (Å²) in [5.41, 5.74) is 10.6. The number of rotatable bonds is 5. The van der Waals surface area contributed by atoms with Crippen LogP contribution in [0.1, 0.15) is 42.3 Å². The molecule has 0 radical (unpaired) electrons. The van der Waals surface area contributed by atoms with Crippen molar-refractivity contribution in [1.82, 2.24) is 15.0 Å². The second kappa shape index (κ2) is 9.42. The average molecular weight is 469 g/mol. The van der Waals surface area contributed by atoms with Crippen molar-refractivity contribution in [3.63, 3.8) is 0 Å². The van der Waals surface area contributed by atoms with E-state index in [1.54, 1.807) is 24.3 Å². The maximum atomic E-state index is 12.9. The summed E-state index contributed by atoms with van der Waals surface area (Å²) in [5, 5.41) is 15.5. The van der Waals surface area contributed by atoms with Crippen LogP contribution < -0.4 is 16.4 Å². The van der Waals surface area contributed by atoms with Crippen molar-refractivity contribution in [3.8, 4) is 17.1 Å². The minimum absolute atomic E-state index is 0.0162. The van der Waals surface area contributed by atoms with Crippen molar-refractivity contribution in [2.75, 3.05) is 16.4 Å². The van der Waals surface area contributed by atoms with Crippen molar-refractivity contribution in [1.29, 1.82) is 0 Å². The van der Waals surface area contributed by atoms with Crippen molar-refractivity contribution in [2.45, 2.75) is 33.1 Å². The third-order valence-corrected chi connectivity index (χ3v) is 5.61. The summed E-state index contributed by atoms with van der Waals surface area (Å²) in [4.78, 5) is 25.9. The van der Waals surface area contributed by atoms with Crippen LogP contribution in [-0.2, 0) is 5.41 Å². The Labute approximate surface area is 204 Å². The molecule has 3 aromatic carbocycles. The fraction of sp³-hybridized carbons (Fsp3) is 0.185. The van der Waals surface area contributed by atoms with Gasteiger partial charge in [0, 0.05) is 22.5 Å². The molecular formula is C27H28N6O2. The third-order valence-electron chi connectivity index (χ3n) is 5.61. The first-order valence-electron chi connectivity index (χ1n) is 11.2. The zero-order valence-electron chi connectivity index (χ0n) is 20.1. The molecule has 8 nitrogen and oxygen atoms in total. The lowest BCUT2D eigenvalue weighted by Crippen LogP contribution is -2.15. The fourth-order valence-electron chi connectivity index (χ4n) is 3.57. The molecule has 1 heterocycles. The lowest BCUT2D eigenvalue weighted by atomic mass is 9.86. The highest BCUT2D eigenvalue weighted by molar-refractivity contribution is 6.05. The van der Waals surface area contributed by atoms with Gasteiger partial charge < -0.3 is 21.5 Å². The number of carbonyl (C=O) groups is 1. The van der Waals surface area contributed by atoms with Crippen LogP contribution in [0.25, 0.3) is 11.4 Å². The van der Waals surface area contributed by atoms with E-state index in [-0.39, 0.29) is 29.0 Å².